The summed E-state index contributed by atoms with van der Waals surface area (Å²) in [7, 11) is 0. The van der Waals surface area contributed by atoms with Gasteiger partial charge in [-0.2, -0.15) is 0 Å². The zero-order valence-corrected chi connectivity index (χ0v) is 13.2. The van der Waals surface area contributed by atoms with Gasteiger partial charge in [-0.3, -0.25) is 4.99 Å². The lowest BCUT2D eigenvalue weighted by Crippen LogP contribution is -2.36. The third-order valence-electron chi connectivity index (χ3n) is 5.56. The molecule has 1 aliphatic heterocycles. The van der Waals surface area contributed by atoms with Crippen LogP contribution in [0.25, 0.3) is 0 Å². The van der Waals surface area contributed by atoms with Gasteiger partial charge in [0.15, 0.2) is 5.82 Å². The fourth-order valence-electron chi connectivity index (χ4n) is 4.52. The average molecular weight is 307 g/mol. The van der Waals surface area contributed by atoms with E-state index in [2.05, 4.69) is 14.8 Å². The number of rotatable bonds is 1. The summed E-state index contributed by atoms with van der Waals surface area (Å²) in [5.74, 6) is 2.22. The van der Waals surface area contributed by atoms with E-state index in [0.29, 0.717) is 29.8 Å². The van der Waals surface area contributed by atoms with Crippen molar-refractivity contribution in [1.29, 1.82) is 0 Å². The van der Waals surface area contributed by atoms with Crippen LogP contribution in [0.15, 0.2) is 11.3 Å². The summed E-state index contributed by atoms with van der Waals surface area (Å²) in [6.07, 6.45) is 11.9. The zero-order chi connectivity index (χ0) is 14.2. The topological polar surface area (TPSA) is 43.1 Å². The highest BCUT2D eigenvalue weighted by Crippen LogP contribution is 2.42. The lowest BCUT2D eigenvalue weighted by atomic mass is 9.73. The van der Waals surface area contributed by atoms with Crippen LogP contribution in [0.5, 0.6) is 0 Å². The molecule has 0 N–H and O–H groups in total. The Bertz CT molecular complexity index is 532. The van der Waals surface area contributed by atoms with E-state index in [1.54, 1.807) is 0 Å². The molecule has 2 fully saturated rings. The molecule has 1 aromatic rings. The van der Waals surface area contributed by atoms with Gasteiger partial charge in [-0.05, 0) is 38.0 Å². The third kappa shape index (κ3) is 2.52. The van der Waals surface area contributed by atoms with Crippen LogP contribution in [0.4, 0.5) is 0 Å². The Morgan fingerprint density at radius 2 is 1.95 bits per heavy atom. The highest BCUT2D eigenvalue weighted by molar-refractivity contribution is 6.20. The minimum absolute atomic E-state index is 0.304. The van der Waals surface area contributed by atoms with E-state index >= 15 is 0 Å². The maximum Gasteiger partial charge on any atom is 0.154 e. The average Bonchev–Trinajstić information content (AvgIpc) is 2.92. The molecule has 3 atom stereocenters. The standard InChI is InChI=1S/C16H23ClN4/c17-12-6-7-14-13(8-12)16(11-4-2-1-3-5-11)18-9-15-20-19-10-21(14)15/h10-14H,1-9H2. The summed E-state index contributed by atoms with van der Waals surface area (Å²) in [6, 6.07) is 0.480. The molecule has 0 spiro atoms. The molecule has 2 saturated carbocycles. The van der Waals surface area contributed by atoms with Crippen molar-refractivity contribution in [3.63, 3.8) is 0 Å². The van der Waals surface area contributed by atoms with Gasteiger partial charge >= 0.3 is 0 Å². The SMILES string of the molecule is ClC1CCC2C(C1)C(C1CCCCC1)=NCc1nncn12. The Morgan fingerprint density at radius 1 is 1.10 bits per heavy atom. The van der Waals surface area contributed by atoms with Crippen molar-refractivity contribution in [3.8, 4) is 0 Å². The van der Waals surface area contributed by atoms with Crippen molar-refractivity contribution in [2.45, 2.75) is 69.3 Å². The maximum atomic E-state index is 6.50. The molecule has 5 heteroatoms. The summed E-state index contributed by atoms with van der Waals surface area (Å²) < 4.78 is 2.28. The Kier molecular flexibility index (Phi) is 3.74. The van der Waals surface area contributed by atoms with Gasteiger partial charge < -0.3 is 4.57 Å². The second-order valence-corrected chi connectivity index (χ2v) is 7.43. The van der Waals surface area contributed by atoms with Crippen molar-refractivity contribution in [2.24, 2.45) is 16.8 Å². The van der Waals surface area contributed by atoms with Crippen LogP contribution in [-0.4, -0.2) is 25.9 Å². The van der Waals surface area contributed by atoms with Crippen molar-refractivity contribution in [1.82, 2.24) is 14.8 Å². The van der Waals surface area contributed by atoms with Gasteiger partial charge in [0, 0.05) is 23.0 Å². The zero-order valence-electron chi connectivity index (χ0n) is 12.4. The lowest BCUT2D eigenvalue weighted by molar-refractivity contribution is 0.289. The molecule has 1 aromatic heterocycles. The van der Waals surface area contributed by atoms with Crippen molar-refractivity contribution in [2.75, 3.05) is 0 Å². The van der Waals surface area contributed by atoms with Crippen molar-refractivity contribution >= 4 is 17.3 Å². The number of fused-ring (bicyclic) bond motifs is 3. The third-order valence-corrected chi connectivity index (χ3v) is 5.96. The van der Waals surface area contributed by atoms with E-state index in [1.807, 2.05) is 6.33 Å². The molecule has 0 radical (unpaired) electrons. The quantitative estimate of drug-likeness (QED) is 0.741. The van der Waals surface area contributed by atoms with Crippen molar-refractivity contribution in [3.05, 3.63) is 12.2 Å². The van der Waals surface area contributed by atoms with E-state index < -0.39 is 0 Å². The highest BCUT2D eigenvalue weighted by atomic mass is 35.5. The Morgan fingerprint density at radius 3 is 2.81 bits per heavy atom. The molecule has 4 nitrogen and oxygen atoms in total. The Hall–Kier alpha value is -0.900. The van der Waals surface area contributed by atoms with Gasteiger partial charge in [0.2, 0.25) is 0 Å². The number of aromatic nitrogens is 3. The fourth-order valence-corrected chi connectivity index (χ4v) is 4.84. The molecule has 3 aliphatic rings. The fraction of sp³-hybridized carbons (Fsp3) is 0.812. The van der Waals surface area contributed by atoms with Crippen LogP contribution in [-0.2, 0) is 6.54 Å². The molecule has 0 aromatic carbocycles. The summed E-state index contributed by atoms with van der Waals surface area (Å²) >= 11 is 6.50. The number of hydrogen-bond donors (Lipinski definition) is 0. The highest BCUT2D eigenvalue weighted by Gasteiger charge is 2.39. The smallest absolute Gasteiger partial charge is 0.154 e. The van der Waals surface area contributed by atoms with Gasteiger partial charge in [0.1, 0.15) is 6.33 Å². The first-order valence-electron chi connectivity index (χ1n) is 8.39. The molecule has 2 heterocycles. The monoisotopic (exact) mass is 306 g/mol. The molecule has 21 heavy (non-hydrogen) atoms. The number of nitrogens with zero attached hydrogens (tertiary/aromatic N) is 4. The molecule has 0 amide bonds. The van der Waals surface area contributed by atoms with Crippen LogP contribution < -0.4 is 0 Å². The first-order valence-corrected chi connectivity index (χ1v) is 8.83. The molecule has 2 aliphatic carbocycles. The Balaban J connectivity index is 1.69. The molecular formula is C16H23ClN4. The molecular weight excluding hydrogens is 284 g/mol. The van der Waals surface area contributed by atoms with Crippen LogP contribution in [0, 0.1) is 11.8 Å². The van der Waals surface area contributed by atoms with Gasteiger partial charge in [-0.25, -0.2) is 0 Å². The van der Waals surface area contributed by atoms with Gasteiger partial charge in [-0.1, -0.05) is 19.3 Å². The molecule has 0 saturated heterocycles. The minimum atomic E-state index is 0.304. The summed E-state index contributed by atoms with van der Waals surface area (Å²) in [6.45, 7) is 0.700. The van der Waals surface area contributed by atoms with Crippen LogP contribution in [0.1, 0.15) is 63.2 Å². The van der Waals surface area contributed by atoms with Crippen LogP contribution in [0.3, 0.4) is 0 Å². The minimum Gasteiger partial charge on any atom is -0.312 e. The lowest BCUT2D eigenvalue weighted by Gasteiger charge is -2.37. The van der Waals surface area contributed by atoms with Crippen LogP contribution >= 0.6 is 11.6 Å². The van der Waals surface area contributed by atoms with E-state index in [-0.39, 0.29) is 0 Å². The molecule has 4 rings (SSSR count). The largest absolute Gasteiger partial charge is 0.312 e. The van der Waals surface area contributed by atoms with E-state index in [9.17, 15) is 0 Å². The predicted molar refractivity (Wildman–Crippen MR) is 83.8 cm³/mol. The summed E-state index contributed by atoms with van der Waals surface area (Å²) in [4.78, 5) is 5.01. The summed E-state index contributed by atoms with van der Waals surface area (Å²) in [5.41, 5.74) is 1.45. The van der Waals surface area contributed by atoms with Gasteiger partial charge in [0.25, 0.3) is 0 Å². The van der Waals surface area contributed by atoms with Gasteiger partial charge in [0.05, 0.1) is 6.54 Å². The van der Waals surface area contributed by atoms with Crippen LogP contribution in [0.2, 0.25) is 0 Å². The van der Waals surface area contributed by atoms with E-state index in [1.165, 1.54) is 37.8 Å². The van der Waals surface area contributed by atoms with Gasteiger partial charge in [-0.15, -0.1) is 21.8 Å². The predicted octanol–water partition coefficient (Wildman–Crippen LogP) is 3.76. The van der Waals surface area contributed by atoms with E-state index in [4.69, 9.17) is 16.6 Å². The first kappa shape index (κ1) is 13.7. The summed E-state index contributed by atoms with van der Waals surface area (Å²) in [5, 5.41) is 8.69. The second kappa shape index (κ2) is 5.71. The number of hydrogen-bond acceptors (Lipinski definition) is 3. The number of halogens is 1. The van der Waals surface area contributed by atoms with E-state index in [0.717, 1.165) is 25.1 Å². The number of alkyl halides is 1. The normalized spacial score (nSPS) is 33.8. The number of aliphatic imine (C=N–C) groups is 1. The maximum absolute atomic E-state index is 6.50. The Labute approximate surface area is 131 Å². The second-order valence-electron chi connectivity index (χ2n) is 6.81. The molecule has 114 valence electrons. The first-order chi connectivity index (χ1) is 10.3. The van der Waals surface area contributed by atoms with Crippen molar-refractivity contribution < 1.29 is 0 Å². The molecule has 0 bridgehead atoms. The molecule has 3 unspecified atom stereocenters.